The summed E-state index contributed by atoms with van der Waals surface area (Å²) in [7, 11) is 3.23. The predicted molar refractivity (Wildman–Crippen MR) is 146 cm³/mol. The van der Waals surface area contributed by atoms with Crippen molar-refractivity contribution in [3.8, 4) is 34.0 Å². The number of nitrogens with one attached hydrogen (secondary N) is 3. The molecule has 2 amide bonds. The summed E-state index contributed by atoms with van der Waals surface area (Å²) < 4.78 is 49.9. The van der Waals surface area contributed by atoms with Crippen LogP contribution in [-0.2, 0) is 6.18 Å². The molecule has 0 saturated heterocycles. The molecule has 0 aliphatic heterocycles. The Morgan fingerprint density at radius 2 is 1.54 bits per heavy atom. The van der Waals surface area contributed by atoms with E-state index in [2.05, 4.69) is 15.6 Å². The number of para-hydroxylation sites is 1. The largest absolute Gasteiger partial charge is 0.497 e. The summed E-state index contributed by atoms with van der Waals surface area (Å²) in [5.74, 6) is 2.11. The molecule has 0 saturated carbocycles. The summed E-state index contributed by atoms with van der Waals surface area (Å²) in [4.78, 5) is 20.3. The molecule has 3 N–H and O–H groups in total. The average molecular weight is 557 g/mol. The fraction of sp³-hybridized carbons (Fsp3) is 0.214. The fourth-order valence-corrected chi connectivity index (χ4v) is 4.61. The number of halogens is 3. The third kappa shape index (κ3) is 7.26. The molecule has 39 heavy (non-hydrogen) atoms. The van der Waals surface area contributed by atoms with Crippen molar-refractivity contribution in [1.29, 1.82) is 0 Å². The minimum atomic E-state index is -4.56. The molecular weight excluding hydrogens is 529 g/mol. The zero-order valence-electron chi connectivity index (χ0n) is 21.3. The number of urea groups is 1. The van der Waals surface area contributed by atoms with Gasteiger partial charge in [-0.3, -0.25) is 0 Å². The zero-order chi connectivity index (χ0) is 27.8. The van der Waals surface area contributed by atoms with Gasteiger partial charge in [-0.15, -0.1) is 0 Å². The number of H-pyrrole nitrogens is 1. The second-order valence-electron chi connectivity index (χ2n) is 8.35. The first-order valence-corrected chi connectivity index (χ1v) is 13.0. The lowest BCUT2D eigenvalue weighted by atomic mass is 10.0. The molecule has 204 valence electrons. The maximum Gasteiger partial charge on any atom is 0.418 e. The number of anilines is 1. The molecule has 4 aromatic rings. The Morgan fingerprint density at radius 3 is 2.15 bits per heavy atom. The maximum atomic E-state index is 13.1. The molecule has 3 aromatic carbocycles. The van der Waals surface area contributed by atoms with Crippen molar-refractivity contribution in [2.24, 2.45) is 0 Å². The highest BCUT2D eigenvalue weighted by Gasteiger charge is 2.33. The predicted octanol–water partition coefficient (Wildman–Crippen LogP) is 7.08. The lowest BCUT2D eigenvalue weighted by Gasteiger charge is -2.13. The van der Waals surface area contributed by atoms with Crippen LogP contribution in [0.5, 0.6) is 11.5 Å². The Morgan fingerprint density at radius 1 is 0.923 bits per heavy atom. The molecule has 0 bridgehead atoms. The van der Waals surface area contributed by atoms with E-state index in [1.807, 2.05) is 48.5 Å². The van der Waals surface area contributed by atoms with Crippen molar-refractivity contribution < 1.29 is 27.4 Å². The quantitative estimate of drug-likeness (QED) is 0.143. The van der Waals surface area contributed by atoms with E-state index >= 15 is 0 Å². The first-order valence-electron chi connectivity index (χ1n) is 12.0. The Labute approximate surface area is 228 Å². The highest BCUT2D eigenvalue weighted by atomic mass is 32.2. The number of carbonyl (C=O) groups excluding carboxylic acids is 1. The number of aromatic amines is 1. The topological polar surface area (TPSA) is 88.3 Å². The highest BCUT2D eigenvalue weighted by Crippen LogP contribution is 2.35. The van der Waals surface area contributed by atoms with E-state index in [0.29, 0.717) is 17.3 Å². The second kappa shape index (κ2) is 12.6. The molecule has 0 fully saturated rings. The van der Waals surface area contributed by atoms with Crippen molar-refractivity contribution in [1.82, 2.24) is 15.3 Å². The molecule has 0 spiro atoms. The van der Waals surface area contributed by atoms with Crippen LogP contribution < -0.4 is 20.1 Å². The molecule has 1 heterocycles. The van der Waals surface area contributed by atoms with E-state index in [4.69, 9.17) is 14.5 Å². The van der Waals surface area contributed by atoms with Crippen molar-refractivity contribution in [3.63, 3.8) is 0 Å². The van der Waals surface area contributed by atoms with Gasteiger partial charge in [-0.1, -0.05) is 23.9 Å². The lowest BCUT2D eigenvalue weighted by molar-refractivity contribution is -0.136. The molecule has 1 aromatic heterocycles. The number of amides is 2. The van der Waals surface area contributed by atoms with E-state index in [-0.39, 0.29) is 12.2 Å². The van der Waals surface area contributed by atoms with Gasteiger partial charge in [0.15, 0.2) is 5.16 Å². The molecule has 0 unspecified atom stereocenters. The lowest BCUT2D eigenvalue weighted by Crippen LogP contribution is -2.30. The van der Waals surface area contributed by atoms with Gasteiger partial charge in [0.1, 0.15) is 11.5 Å². The zero-order valence-corrected chi connectivity index (χ0v) is 22.1. The average Bonchev–Trinajstić information content (AvgIpc) is 3.37. The number of ether oxygens (including phenoxy) is 2. The number of benzene rings is 3. The summed E-state index contributed by atoms with van der Waals surface area (Å²) in [5, 5.41) is 5.58. The minimum absolute atomic E-state index is 0.282. The first-order chi connectivity index (χ1) is 18.8. The third-order valence-electron chi connectivity index (χ3n) is 5.75. The van der Waals surface area contributed by atoms with Crippen LogP contribution in [0.25, 0.3) is 22.5 Å². The first kappa shape index (κ1) is 27.9. The third-order valence-corrected chi connectivity index (χ3v) is 6.71. The van der Waals surface area contributed by atoms with Gasteiger partial charge in [0, 0.05) is 23.4 Å². The Bertz CT molecular complexity index is 1330. The summed E-state index contributed by atoms with van der Waals surface area (Å²) in [5.41, 5.74) is 2.32. The molecule has 0 atom stereocenters. The van der Waals surface area contributed by atoms with Gasteiger partial charge in [-0.2, -0.15) is 13.2 Å². The van der Waals surface area contributed by atoms with Gasteiger partial charge < -0.3 is 25.1 Å². The van der Waals surface area contributed by atoms with Crippen LogP contribution in [-0.4, -0.2) is 42.5 Å². The molecule has 0 radical (unpaired) electrons. The Kier molecular flexibility index (Phi) is 9.03. The second-order valence-corrected chi connectivity index (χ2v) is 9.43. The van der Waals surface area contributed by atoms with E-state index < -0.39 is 17.8 Å². The summed E-state index contributed by atoms with van der Waals surface area (Å²) in [6.07, 6.45) is -3.98. The van der Waals surface area contributed by atoms with Crippen molar-refractivity contribution in [2.45, 2.75) is 17.8 Å². The van der Waals surface area contributed by atoms with Crippen LogP contribution in [0.3, 0.4) is 0 Å². The Hall–Kier alpha value is -4.12. The number of carbonyl (C=O) groups is 1. The minimum Gasteiger partial charge on any atom is -0.497 e. The summed E-state index contributed by atoms with van der Waals surface area (Å²) in [6.45, 7) is 0.282. The van der Waals surface area contributed by atoms with Crippen LogP contribution in [0.15, 0.2) is 78.0 Å². The normalized spacial score (nSPS) is 11.2. The molecular formula is C28H27F3N4O3S. The monoisotopic (exact) mass is 556 g/mol. The number of hydrogen-bond donors (Lipinski definition) is 3. The SMILES string of the molecule is COc1ccc(-c2nc(SCCCNC(=O)Nc3ccccc3C(F)(F)F)[nH]c2-c2ccc(OC)cc2)cc1. The van der Waals surface area contributed by atoms with Crippen LogP contribution in [0.2, 0.25) is 0 Å². The van der Waals surface area contributed by atoms with Crippen LogP contribution >= 0.6 is 11.8 Å². The van der Waals surface area contributed by atoms with Crippen molar-refractivity contribution in [3.05, 3.63) is 78.4 Å². The van der Waals surface area contributed by atoms with Gasteiger partial charge in [0.25, 0.3) is 0 Å². The van der Waals surface area contributed by atoms with Gasteiger partial charge >= 0.3 is 12.2 Å². The standard InChI is InChI=1S/C28H27F3N4O3S/c1-37-20-12-8-18(9-13-20)24-25(19-10-14-21(38-2)15-11-19)35-27(34-24)39-17-5-16-32-26(36)33-23-7-4-3-6-22(23)28(29,30)31/h3-4,6-15H,5,16-17H2,1-2H3,(H,34,35)(H2,32,33,36). The van der Waals surface area contributed by atoms with Gasteiger partial charge in [-0.25, -0.2) is 9.78 Å². The Balaban J connectivity index is 1.38. The van der Waals surface area contributed by atoms with Gasteiger partial charge in [-0.05, 0) is 67.1 Å². The van der Waals surface area contributed by atoms with Crippen LogP contribution in [0.1, 0.15) is 12.0 Å². The number of nitrogens with zero attached hydrogens (tertiary/aromatic N) is 1. The summed E-state index contributed by atoms with van der Waals surface area (Å²) in [6, 6.07) is 19.5. The van der Waals surface area contributed by atoms with Gasteiger partial charge in [0.2, 0.25) is 0 Å². The smallest absolute Gasteiger partial charge is 0.418 e. The van der Waals surface area contributed by atoms with Crippen molar-refractivity contribution >= 4 is 23.5 Å². The van der Waals surface area contributed by atoms with Gasteiger partial charge in [0.05, 0.1) is 36.9 Å². The van der Waals surface area contributed by atoms with E-state index in [9.17, 15) is 18.0 Å². The molecule has 0 aliphatic carbocycles. The van der Waals surface area contributed by atoms with E-state index in [1.165, 1.54) is 30.0 Å². The number of methoxy groups -OCH3 is 2. The van der Waals surface area contributed by atoms with Crippen molar-refractivity contribution in [2.75, 3.05) is 31.8 Å². The van der Waals surface area contributed by atoms with Crippen LogP contribution in [0.4, 0.5) is 23.7 Å². The molecule has 11 heteroatoms. The maximum absolute atomic E-state index is 13.1. The van der Waals surface area contributed by atoms with E-state index in [1.54, 1.807) is 14.2 Å². The number of aromatic nitrogens is 2. The summed E-state index contributed by atoms with van der Waals surface area (Å²) >= 11 is 1.49. The number of alkyl halides is 3. The molecule has 0 aliphatic rings. The number of rotatable bonds is 10. The highest BCUT2D eigenvalue weighted by molar-refractivity contribution is 7.99. The number of thioether (sulfide) groups is 1. The molecule has 7 nitrogen and oxygen atoms in total. The number of hydrogen-bond acceptors (Lipinski definition) is 5. The van der Waals surface area contributed by atoms with Crippen LogP contribution in [0, 0.1) is 0 Å². The van der Waals surface area contributed by atoms with E-state index in [0.717, 1.165) is 40.1 Å². The fourth-order valence-electron chi connectivity index (χ4n) is 3.79. The number of imidazole rings is 1. The molecule has 4 rings (SSSR count).